The summed E-state index contributed by atoms with van der Waals surface area (Å²) >= 11 is 0. The summed E-state index contributed by atoms with van der Waals surface area (Å²) in [6, 6.07) is 8.87. The number of benzene rings is 1. The second kappa shape index (κ2) is 5.92. The van der Waals surface area contributed by atoms with Crippen LogP contribution >= 0.6 is 0 Å². The number of carbonyl (C=O) groups is 1. The number of nitrogens with zero attached hydrogens (tertiary/aromatic N) is 2. The van der Waals surface area contributed by atoms with E-state index < -0.39 is 5.97 Å². The predicted molar refractivity (Wildman–Crippen MR) is 67.8 cm³/mol. The minimum Gasteiger partial charge on any atom is -0.463 e. The Morgan fingerprint density at radius 2 is 2.21 bits per heavy atom. The van der Waals surface area contributed by atoms with Crippen LogP contribution < -0.4 is 10.5 Å². The zero-order valence-corrected chi connectivity index (χ0v) is 10.4. The first-order valence-corrected chi connectivity index (χ1v) is 5.61. The molecule has 0 spiro atoms. The third-order valence-corrected chi connectivity index (χ3v) is 2.35. The molecule has 0 fully saturated rings. The topological polar surface area (TPSA) is 87.3 Å². The maximum atomic E-state index is 11.3. The van der Waals surface area contributed by atoms with Crippen molar-refractivity contribution in [1.82, 2.24) is 9.97 Å². The number of esters is 1. The Hall–Kier alpha value is -2.47. The van der Waals surface area contributed by atoms with Crippen LogP contribution in [0, 0.1) is 0 Å². The lowest BCUT2D eigenvalue weighted by molar-refractivity contribution is 0.0585. The van der Waals surface area contributed by atoms with Gasteiger partial charge in [-0.3, -0.25) is 0 Å². The number of aromatic nitrogens is 2. The van der Waals surface area contributed by atoms with E-state index in [-0.39, 0.29) is 11.7 Å². The lowest BCUT2D eigenvalue weighted by atomic mass is 10.2. The smallest absolute Gasteiger partial charge is 0.376 e. The maximum absolute atomic E-state index is 11.3. The van der Waals surface area contributed by atoms with Crippen LogP contribution in [0.5, 0.6) is 11.6 Å². The number of methoxy groups -OCH3 is 1. The largest absolute Gasteiger partial charge is 0.463 e. The van der Waals surface area contributed by atoms with E-state index >= 15 is 0 Å². The molecule has 1 aromatic carbocycles. The van der Waals surface area contributed by atoms with Gasteiger partial charge in [0.2, 0.25) is 11.7 Å². The van der Waals surface area contributed by atoms with E-state index in [2.05, 4.69) is 14.7 Å². The van der Waals surface area contributed by atoms with Gasteiger partial charge in [-0.1, -0.05) is 12.1 Å². The van der Waals surface area contributed by atoms with Gasteiger partial charge in [0.25, 0.3) is 0 Å². The van der Waals surface area contributed by atoms with Gasteiger partial charge < -0.3 is 15.2 Å². The normalized spacial score (nSPS) is 10.0. The molecule has 2 N–H and O–H groups in total. The Kier molecular flexibility index (Phi) is 4.04. The molecule has 0 aliphatic heterocycles. The quantitative estimate of drug-likeness (QED) is 0.837. The van der Waals surface area contributed by atoms with Crippen molar-refractivity contribution in [3.05, 3.63) is 47.9 Å². The summed E-state index contributed by atoms with van der Waals surface area (Å²) in [6.07, 6.45) is 1.43. The zero-order chi connectivity index (χ0) is 13.7. The van der Waals surface area contributed by atoms with Crippen molar-refractivity contribution < 1.29 is 14.3 Å². The molecular weight excluding hydrogens is 246 g/mol. The highest BCUT2D eigenvalue weighted by Crippen LogP contribution is 2.20. The van der Waals surface area contributed by atoms with Gasteiger partial charge in [0, 0.05) is 18.8 Å². The Labute approximate surface area is 110 Å². The van der Waals surface area contributed by atoms with Crippen molar-refractivity contribution in [1.29, 1.82) is 0 Å². The van der Waals surface area contributed by atoms with E-state index in [4.69, 9.17) is 10.5 Å². The van der Waals surface area contributed by atoms with Crippen LogP contribution in [0.25, 0.3) is 0 Å². The molecule has 0 aliphatic carbocycles. The third kappa shape index (κ3) is 3.26. The Bertz CT molecular complexity index is 587. The van der Waals surface area contributed by atoms with Crippen LogP contribution in [0.3, 0.4) is 0 Å². The fraction of sp³-hybridized carbons (Fsp3) is 0.154. The fourth-order valence-electron chi connectivity index (χ4n) is 1.45. The van der Waals surface area contributed by atoms with Crippen LogP contribution in [0.1, 0.15) is 16.2 Å². The molecule has 0 aliphatic rings. The van der Waals surface area contributed by atoms with Crippen molar-refractivity contribution in [2.75, 3.05) is 7.11 Å². The molecule has 1 aromatic heterocycles. The second-order valence-electron chi connectivity index (χ2n) is 3.66. The number of hydrogen-bond donors (Lipinski definition) is 1. The molecule has 0 amide bonds. The van der Waals surface area contributed by atoms with Gasteiger partial charge in [0.15, 0.2) is 0 Å². The predicted octanol–water partition coefficient (Wildman–Crippen LogP) is 1.51. The monoisotopic (exact) mass is 259 g/mol. The second-order valence-corrected chi connectivity index (χ2v) is 3.66. The molecular formula is C13H13N3O3. The highest BCUT2D eigenvalue weighted by atomic mass is 16.5. The molecule has 0 atom stereocenters. The minimum atomic E-state index is -0.610. The summed E-state index contributed by atoms with van der Waals surface area (Å²) in [5.41, 5.74) is 6.50. The van der Waals surface area contributed by atoms with Crippen LogP contribution in [0.2, 0.25) is 0 Å². The Balaban J connectivity index is 2.20. The standard InChI is InChI=1S/C13H13N3O3/c1-18-13(17)12-15-6-5-11(16-12)19-10-4-2-3-9(7-10)8-14/h2-7H,8,14H2,1H3. The average Bonchev–Trinajstić information content (AvgIpc) is 2.47. The van der Waals surface area contributed by atoms with Gasteiger partial charge >= 0.3 is 5.97 Å². The first-order valence-electron chi connectivity index (χ1n) is 5.61. The van der Waals surface area contributed by atoms with E-state index in [1.54, 1.807) is 18.2 Å². The lowest BCUT2D eigenvalue weighted by Crippen LogP contribution is -2.07. The minimum absolute atomic E-state index is 0.0463. The van der Waals surface area contributed by atoms with Gasteiger partial charge in [0.1, 0.15) is 5.75 Å². The van der Waals surface area contributed by atoms with Crippen molar-refractivity contribution >= 4 is 5.97 Å². The number of ether oxygens (including phenoxy) is 2. The molecule has 1 heterocycles. The maximum Gasteiger partial charge on any atom is 0.376 e. The van der Waals surface area contributed by atoms with Crippen molar-refractivity contribution in [2.24, 2.45) is 5.73 Å². The molecule has 0 radical (unpaired) electrons. The molecule has 0 saturated heterocycles. The van der Waals surface area contributed by atoms with Crippen LogP contribution in [0.4, 0.5) is 0 Å². The number of rotatable bonds is 4. The van der Waals surface area contributed by atoms with Crippen LogP contribution in [-0.2, 0) is 11.3 Å². The van der Waals surface area contributed by atoms with Crippen LogP contribution in [-0.4, -0.2) is 23.0 Å². The first kappa shape index (κ1) is 13.0. The van der Waals surface area contributed by atoms with E-state index in [1.165, 1.54) is 13.3 Å². The summed E-state index contributed by atoms with van der Waals surface area (Å²) in [6.45, 7) is 0.425. The Morgan fingerprint density at radius 3 is 2.95 bits per heavy atom. The van der Waals surface area contributed by atoms with Crippen molar-refractivity contribution in [3.63, 3.8) is 0 Å². The summed E-state index contributed by atoms with van der Waals surface area (Å²) in [4.78, 5) is 19.1. The average molecular weight is 259 g/mol. The van der Waals surface area contributed by atoms with Crippen molar-refractivity contribution in [2.45, 2.75) is 6.54 Å². The molecule has 98 valence electrons. The molecule has 0 bridgehead atoms. The van der Waals surface area contributed by atoms with E-state index in [9.17, 15) is 4.79 Å². The fourth-order valence-corrected chi connectivity index (χ4v) is 1.45. The van der Waals surface area contributed by atoms with E-state index in [0.29, 0.717) is 12.3 Å². The van der Waals surface area contributed by atoms with E-state index in [0.717, 1.165) is 5.56 Å². The Morgan fingerprint density at radius 1 is 1.37 bits per heavy atom. The molecule has 6 nitrogen and oxygen atoms in total. The molecule has 2 aromatic rings. The summed E-state index contributed by atoms with van der Waals surface area (Å²) in [7, 11) is 1.27. The SMILES string of the molecule is COC(=O)c1nccc(Oc2cccc(CN)c2)n1. The van der Waals surface area contributed by atoms with Crippen molar-refractivity contribution in [3.8, 4) is 11.6 Å². The van der Waals surface area contributed by atoms with Gasteiger partial charge in [-0.05, 0) is 17.7 Å². The van der Waals surface area contributed by atoms with Crippen LogP contribution in [0.15, 0.2) is 36.5 Å². The van der Waals surface area contributed by atoms with Gasteiger partial charge in [-0.2, -0.15) is 4.98 Å². The number of carbonyl (C=O) groups excluding carboxylic acids is 1. The highest BCUT2D eigenvalue weighted by molar-refractivity contribution is 5.84. The van der Waals surface area contributed by atoms with Gasteiger partial charge in [-0.15, -0.1) is 0 Å². The number of hydrogen-bond acceptors (Lipinski definition) is 6. The first-order chi connectivity index (χ1) is 9.22. The zero-order valence-electron chi connectivity index (χ0n) is 10.4. The molecule has 2 rings (SSSR count). The molecule has 19 heavy (non-hydrogen) atoms. The van der Waals surface area contributed by atoms with Gasteiger partial charge in [-0.25, -0.2) is 9.78 Å². The molecule has 0 unspecified atom stereocenters. The number of nitrogens with two attached hydrogens (primary N) is 1. The summed E-state index contributed by atoms with van der Waals surface area (Å²) in [5.74, 6) is 0.207. The van der Waals surface area contributed by atoms with Gasteiger partial charge in [0.05, 0.1) is 7.11 Å². The molecule has 6 heteroatoms. The third-order valence-electron chi connectivity index (χ3n) is 2.35. The summed E-state index contributed by atoms with van der Waals surface area (Å²) in [5, 5.41) is 0. The van der Waals surface area contributed by atoms with E-state index in [1.807, 2.05) is 12.1 Å². The lowest BCUT2D eigenvalue weighted by Gasteiger charge is -2.06. The molecule has 0 saturated carbocycles. The highest BCUT2D eigenvalue weighted by Gasteiger charge is 2.10. The summed E-state index contributed by atoms with van der Waals surface area (Å²) < 4.78 is 10.1.